The molecular formula is C21H23FN6. The molecule has 0 saturated heterocycles. The van der Waals surface area contributed by atoms with E-state index < -0.39 is 0 Å². The van der Waals surface area contributed by atoms with Crippen LogP contribution < -0.4 is 5.73 Å². The number of allylic oxidation sites excluding steroid dienone is 2. The predicted molar refractivity (Wildman–Crippen MR) is 112 cm³/mol. The van der Waals surface area contributed by atoms with E-state index in [0.717, 1.165) is 5.56 Å². The minimum atomic E-state index is -0.370. The lowest BCUT2D eigenvalue weighted by molar-refractivity contribution is 0.610. The largest absolute Gasteiger partial charge is 0.384 e. The van der Waals surface area contributed by atoms with Crippen molar-refractivity contribution in [3.05, 3.63) is 84.1 Å². The Morgan fingerprint density at radius 3 is 2.54 bits per heavy atom. The minimum absolute atomic E-state index is 0.257. The highest BCUT2D eigenvalue weighted by molar-refractivity contribution is 6.50. The monoisotopic (exact) mass is 378 g/mol. The summed E-state index contributed by atoms with van der Waals surface area (Å²) in [5, 5.41) is 12.1. The van der Waals surface area contributed by atoms with E-state index in [1.165, 1.54) is 10.7 Å². The Balaban J connectivity index is 0.000000292. The summed E-state index contributed by atoms with van der Waals surface area (Å²) >= 11 is 0. The predicted octanol–water partition coefficient (Wildman–Crippen LogP) is 4.00. The van der Waals surface area contributed by atoms with Gasteiger partial charge in [-0.3, -0.25) is 10.4 Å². The number of aliphatic imine (C=N–C) groups is 1. The van der Waals surface area contributed by atoms with Gasteiger partial charge in [-0.2, -0.15) is 5.10 Å². The number of aromatic nitrogens is 3. The Morgan fingerprint density at radius 1 is 1.21 bits per heavy atom. The summed E-state index contributed by atoms with van der Waals surface area (Å²) in [6.07, 6.45) is 6.67. The molecule has 6 nitrogen and oxygen atoms in total. The zero-order chi connectivity index (χ0) is 20.5. The molecule has 0 bridgehead atoms. The fraction of sp³-hybridized carbons (Fsp3) is 0.143. The average Bonchev–Trinajstić information content (AvgIpc) is 3.12. The number of aryl methyl sites for hydroxylation is 1. The summed E-state index contributed by atoms with van der Waals surface area (Å²) in [6.45, 7) is 3.81. The lowest BCUT2D eigenvalue weighted by atomic mass is 10.1. The van der Waals surface area contributed by atoms with Crippen LogP contribution in [0.3, 0.4) is 0 Å². The van der Waals surface area contributed by atoms with Gasteiger partial charge in [0.05, 0.1) is 17.6 Å². The molecule has 0 saturated carbocycles. The van der Waals surface area contributed by atoms with Crippen LogP contribution in [0, 0.1) is 18.2 Å². The van der Waals surface area contributed by atoms with E-state index in [4.69, 9.17) is 11.1 Å². The molecule has 0 aliphatic carbocycles. The molecule has 3 rings (SSSR count). The van der Waals surface area contributed by atoms with E-state index in [9.17, 15) is 4.39 Å². The molecule has 0 aliphatic heterocycles. The van der Waals surface area contributed by atoms with Gasteiger partial charge >= 0.3 is 0 Å². The van der Waals surface area contributed by atoms with Gasteiger partial charge < -0.3 is 5.73 Å². The van der Waals surface area contributed by atoms with Crippen LogP contribution in [0.5, 0.6) is 0 Å². The molecule has 0 atom stereocenters. The standard InChI is InChI=1S/C15H15FN4.C6H8N2/c1-3-6-12(17)15(18-2)14-9-10-19-20(14)13-8-5-4-7-11(13)16;1-5-2-3-8-6(7)4-5/h3-10,17H,1-2H3;2-4H,1H3,(H2,7,8)/b6-3-,17-12?,18-15?;. The molecule has 0 radical (unpaired) electrons. The highest BCUT2D eigenvalue weighted by atomic mass is 19.1. The summed E-state index contributed by atoms with van der Waals surface area (Å²) in [5.41, 5.74) is 8.14. The quantitative estimate of drug-likeness (QED) is 0.672. The van der Waals surface area contributed by atoms with Crippen molar-refractivity contribution in [3.8, 4) is 5.69 Å². The number of rotatable bonds is 4. The maximum atomic E-state index is 13.9. The van der Waals surface area contributed by atoms with Crippen molar-refractivity contribution < 1.29 is 4.39 Å². The number of nitrogens with one attached hydrogen (secondary N) is 1. The van der Waals surface area contributed by atoms with Crippen LogP contribution in [-0.4, -0.2) is 33.2 Å². The molecule has 3 N–H and O–H groups in total. The summed E-state index contributed by atoms with van der Waals surface area (Å²) in [4.78, 5) is 7.94. The van der Waals surface area contributed by atoms with Crippen LogP contribution in [0.1, 0.15) is 18.2 Å². The van der Waals surface area contributed by atoms with Crippen LogP contribution >= 0.6 is 0 Å². The zero-order valence-electron chi connectivity index (χ0n) is 16.1. The second-order valence-corrected chi connectivity index (χ2v) is 5.82. The first-order valence-electron chi connectivity index (χ1n) is 8.63. The molecule has 0 spiro atoms. The second kappa shape index (κ2) is 9.91. The summed E-state index contributed by atoms with van der Waals surface area (Å²) in [7, 11) is 1.60. The van der Waals surface area contributed by atoms with E-state index in [1.807, 2.05) is 26.0 Å². The van der Waals surface area contributed by atoms with E-state index in [0.29, 0.717) is 22.9 Å². The topological polar surface area (TPSA) is 92.9 Å². The molecule has 0 aliphatic rings. The summed E-state index contributed by atoms with van der Waals surface area (Å²) in [6, 6.07) is 11.8. The maximum Gasteiger partial charge on any atom is 0.148 e. The molecule has 0 amide bonds. The normalized spacial score (nSPS) is 11.2. The van der Waals surface area contributed by atoms with Gasteiger partial charge in [-0.25, -0.2) is 14.1 Å². The van der Waals surface area contributed by atoms with Gasteiger partial charge in [0, 0.05) is 13.2 Å². The fourth-order valence-corrected chi connectivity index (χ4v) is 2.48. The van der Waals surface area contributed by atoms with Crippen molar-refractivity contribution in [1.82, 2.24) is 14.8 Å². The van der Waals surface area contributed by atoms with Crippen molar-refractivity contribution in [2.75, 3.05) is 12.8 Å². The number of para-hydroxylation sites is 1. The maximum absolute atomic E-state index is 13.9. The Hall–Kier alpha value is -3.61. The number of halogens is 1. The number of nitrogen functional groups attached to an aromatic ring is 1. The van der Waals surface area contributed by atoms with Gasteiger partial charge in [0.1, 0.15) is 23.0 Å². The molecule has 2 heterocycles. The molecule has 0 fully saturated rings. The van der Waals surface area contributed by atoms with Crippen molar-refractivity contribution in [3.63, 3.8) is 0 Å². The molecule has 7 heteroatoms. The molecule has 3 aromatic rings. The van der Waals surface area contributed by atoms with Crippen molar-refractivity contribution >= 4 is 17.2 Å². The summed E-state index contributed by atoms with van der Waals surface area (Å²) < 4.78 is 15.3. The van der Waals surface area contributed by atoms with Gasteiger partial charge in [0.25, 0.3) is 0 Å². The van der Waals surface area contributed by atoms with Gasteiger partial charge in [0.2, 0.25) is 0 Å². The van der Waals surface area contributed by atoms with Gasteiger partial charge in [0.15, 0.2) is 0 Å². The first-order valence-corrected chi connectivity index (χ1v) is 8.63. The minimum Gasteiger partial charge on any atom is -0.384 e. The Bertz CT molecular complexity index is 986. The van der Waals surface area contributed by atoms with Crippen LogP contribution in [0.15, 0.2) is 72.0 Å². The van der Waals surface area contributed by atoms with Crippen LogP contribution in [0.4, 0.5) is 10.2 Å². The molecule has 2 aromatic heterocycles. The summed E-state index contributed by atoms with van der Waals surface area (Å²) in [5.74, 6) is 0.218. The molecule has 28 heavy (non-hydrogen) atoms. The number of nitrogens with zero attached hydrogens (tertiary/aromatic N) is 4. The lowest BCUT2D eigenvalue weighted by Crippen LogP contribution is -2.17. The van der Waals surface area contributed by atoms with Gasteiger partial charge in [-0.05, 0) is 55.8 Å². The number of hydrogen-bond donors (Lipinski definition) is 2. The van der Waals surface area contributed by atoms with E-state index >= 15 is 0 Å². The van der Waals surface area contributed by atoms with Crippen LogP contribution in [0.25, 0.3) is 5.69 Å². The third-order valence-corrected chi connectivity index (χ3v) is 3.71. The highest BCUT2D eigenvalue weighted by Crippen LogP contribution is 2.15. The number of nitrogens with two attached hydrogens (primary N) is 1. The number of anilines is 1. The number of pyridine rings is 1. The third-order valence-electron chi connectivity index (χ3n) is 3.71. The second-order valence-electron chi connectivity index (χ2n) is 5.82. The smallest absolute Gasteiger partial charge is 0.148 e. The number of hydrogen-bond acceptors (Lipinski definition) is 5. The SMILES string of the molecule is C/C=C\C(=N)C(=NC)c1ccnn1-c1ccccc1F.Cc1ccnc(N)c1. The van der Waals surface area contributed by atoms with Crippen molar-refractivity contribution in [1.29, 1.82) is 5.41 Å². The first-order chi connectivity index (χ1) is 13.5. The Morgan fingerprint density at radius 2 is 1.96 bits per heavy atom. The average molecular weight is 378 g/mol. The molecular weight excluding hydrogens is 355 g/mol. The van der Waals surface area contributed by atoms with Gasteiger partial charge in [-0.1, -0.05) is 18.2 Å². The van der Waals surface area contributed by atoms with Crippen LogP contribution in [-0.2, 0) is 0 Å². The highest BCUT2D eigenvalue weighted by Gasteiger charge is 2.15. The fourth-order valence-electron chi connectivity index (χ4n) is 2.48. The lowest BCUT2D eigenvalue weighted by Gasteiger charge is -2.09. The van der Waals surface area contributed by atoms with E-state index in [2.05, 4.69) is 15.1 Å². The molecule has 0 unspecified atom stereocenters. The van der Waals surface area contributed by atoms with E-state index in [1.54, 1.807) is 55.9 Å². The first kappa shape index (κ1) is 20.7. The van der Waals surface area contributed by atoms with Gasteiger partial charge in [-0.15, -0.1) is 0 Å². The molecule has 1 aromatic carbocycles. The Labute approximate surface area is 163 Å². The molecule has 144 valence electrons. The van der Waals surface area contributed by atoms with Crippen molar-refractivity contribution in [2.45, 2.75) is 13.8 Å². The van der Waals surface area contributed by atoms with E-state index in [-0.39, 0.29) is 11.5 Å². The van der Waals surface area contributed by atoms with Crippen molar-refractivity contribution in [2.24, 2.45) is 4.99 Å². The zero-order valence-corrected chi connectivity index (χ0v) is 16.1. The third kappa shape index (κ3) is 5.20. The van der Waals surface area contributed by atoms with Crippen LogP contribution in [0.2, 0.25) is 0 Å². The Kier molecular flexibility index (Phi) is 7.33. The number of benzene rings is 1.